The van der Waals surface area contributed by atoms with Gasteiger partial charge < -0.3 is 5.11 Å². The van der Waals surface area contributed by atoms with Gasteiger partial charge in [-0.2, -0.15) is 5.26 Å². The van der Waals surface area contributed by atoms with Crippen molar-refractivity contribution in [1.29, 1.82) is 5.26 Å². The molecule has 108 valence electrons. The monoisotopic (exact) mass is 271 g/mol. The third-order valence-corrected chi connectivity index (χ3v) is 5.17. The van der Waals surface area contributed by atoms with Crippen LogP contribution in [0.5, 0.6) is 0 Å². The molecular formula is C18H25NO. The zero-order valence-corrected chi connectivity index (χ0v) is 12.8. The van der Waals surface area contributed by atoms with Crippen LogP contribution in [0.25, 0.3) is 0 Å². The topological polar surface area (TPSA) is 44.0 Å². The van der Waals surface area contributed by atoms with Gasteiger partial charge in [-0.25, -0.2) is 0 Å². The Balaban J connectivity index is 2.23. The number of nitriles is 1. The van der Waals surface area contributed by atoms with Gasteiger partial charge in [-0.1, -0.05) is 31.5 Å². The maximum atomic E-state index is 10.7. The Morgan fingerprint density at radius 1 is 1.30 bits per heavy atom. The van der Waals surface area contributed by atoms with Gasteiger partial charge in [-0.15, -0.1) is 0 Å². The summed E-state index contributed by atoms with van der Waals surface area (Å²) in [5.41, 5.74) is 2.70. The van der Waals surface area contributed by atoms with Crippen molar-refractivity contribution >= 4 is 0 Å². The first-order valence-corrected chi connectivity index (χ1v) is 7.69. The van der Waals surface area contributed by atoms with E-state index in [1.165, 1.54) is 17.5 Å². The zero-order valence-electron chi connectivity index (χ0n) is 12.8. The highest BCUT2D eigenvalue weighted by Crippen LogP contribution is 2.47. The fourth-order valence-electron chi connectivity index (χ4n) is 3.30. The van der Waals surface area contributed by atoms with Crippen LogP contribution in [0.4, 0.5) is 0 Å². The summed E-state index contributed by atoms with van der Waals surface area (Å²) in [6.45, 7) is 6.33. The Morgan fingerprint density at radius 3 is 2.45 bits per heavy atom. The average Bonchev–Trinajstić information content (AvgIpc) is 2.49. The van der Waals surface area contributed by atoms with E-state index in [9.17, 15) is 10.4 Å². The number of aliphatic hydroxyl groups is 1. The second-order valence-corrected chi connectivity index (χ2v) is 6.37. The minimum atomic E-state index is -0.662. The van der Waals surface area contributed by atoms with E-state index < -0.39 is 11.5 Å². The van der Waals surface area contributed by atoms with Crippen LogP contribution in [-0.4, -0.2) is 5.11 Å². The SMILES string of the molecule is CCC1CCC(C#N)(C(O)c2ccc(C)c(C)c2)CC1. The fraction of sp³-hybridized carbons (Fsp3) is 0.611. The first-order valence-electron chi connectivity index (χ1n) is 7.69. The molecule has 1 aliphatic rings. The largest absolute Gasteiger partial charge is 0.387 e. The lowest BCUT2D eigenvalue weighted by Gasteiger charge is -2.38. The van der Waals surface area contributed by atoms with E-state index in [1.54, 1.807) is 0 Å². The van der Waals surface area contributed by atoms with E-state index >= 15 is 0 Å². The lowest BCUT2D eigenvalue weighted by molar-refractivity contribution is 0.0242. The first kappa shape index (κ1) is 15.1. The Bertz CT molecular complexity index is 507. The van der Waals surface area contributed by atoms with Crippen LogP contribution in [0.3, 0.4) is 0 Å². The summed E-state index contributed by atoms with van der Waals surface area (Å²) >= 11 is 0. The molecule has 1 aliphatic carbocycles. The fourth-order valence-corrected chi connectivity index (χ4v) is 3.30. The molecule has 1 saturated carbocycles. The minimum Gasteiger partial charge on any atom is -0.387 e. The predicted molar refractivity (Wildman–Crippen MR) is 81.2 cm³/mol. The van der Waals surface area contributed by atoms with Crippen LogP contribution in [0.1, 0.15) is 61.8 Å². The highest BCUT2D eigenvalue weighted by Gasteiger charge is 2.42. The molecule has 20 heavy (non-hydrogen) atoms. The Morgan fingerprint density at radius 2 is 1.95 bits per heavy atom. The molecule has 1 atom stereocenters. The van der Waals surface area contributed by atoms with Crippen molar-refractivity contribution in [2.75, 3.05) is 0 Å². The quantitative estimate of drug-likeness (QED) is 0.882. The summed E-state index contributed by atoms with van der Waals surface area (Å²) in [6.07, 6.45) is 4.27. The number of rotatable bonds is 3. The van der Waals surface area contributed by atoms with Crippen molar-refractivity contribution in [2.45, 2.75) is 59.0 Å². The zero-order chi connectivity index (χ0) is 14.8. The summed E-state index contributed by atoms with van der Waals surface area (Å²) in [4.78, 5) is 0. The Kier molecular flexibility index (Phi) is 4.50. The smallest absolute Gasteiger partial charge is 0.0976 e. The van der Waals surface area contributed by atoms with Crippen LogP contribution in [0.15, 0.2) is 18.2 Å². The van der Waals surface area contributed by atoms with Gasteiger partial charge in [0, 0.05) is 0 Å². The van der Waals surface area contributed by atoms with E-state index in [-0.39, 0.29) is 0 Å². The number of benzene rings is 1. The summed E-state index contributed by atoms with van der Waals surface area (Å²) in [6, 6.07) is 8.49. The summed E-state index contributed by atoms with van der Waals surface area (Å²) < 4.78 is 0. The molecule has 0 aromatic heterocycles. The van der Waals surface area contributed by atoms with Crippen LogP contribution >= 0.6 is 0 Å². The maximum Gasteiger partial charge on any atom is 0.0976 e. The molecule has 1 aromatic carbocycles. The molecule has 1 aromatic rings. The molecule has 1 fully saturated rings. The van der Waals surface area contributed by atoms with E-state index in [4.69, 9.17) is 0 Å². The molecule has 1 unspecified atom stereocenters. The molecule has 2 rings (SSSR count). The number of aliphatic hydroxyl groups excluding tert-OH is 1. The second kappa shape index (κ2) is 5.97. The van der Waals surface area contributed by atoms with Gasteiger partial charge in [0.05, 0.1) is 17.6 Å². The van der Waals surface area contributed by atoms with Gasteiger partial charge in [0.2, 0.25) is 0 Å². The van der Waals surface area contributed by atoms with Gasteiger partial charge in [0.15, 0.2) is 0 Å². The van der Waals surface area contributed by atoms with E-state index in [1.807, 2.05) is 18.2 Å². The summed E-state index contributed by atoms with van der Waals surface area (Å²) in [7, 11) is 0. The minimum absolute atomic E-state index is 0.590. The molecule has 0 radical (unpaired) electrons. The molecular weight excluding hydrogens is 246 g/mol. The van der Waals surface area contributed by atoms with Crippen LogP contribution < -0.4 is 0 Å². The second-order valence-electron chi connectivity index (χ2n) is 6.37. The third kappa shape index (κ3) is 2.74. The Hall–Kier alpha value is -1.33. The van der Waals surface area contributed by atoms with E-state index in [0.29, 0.717) is 0 Å². The lowest BCUT2D eigenvalue weighted by Crippen LogP contribution is -2.32. The number of hydrogen-bond donors (Lipinski definition) is 1. The van der Waals surface area contributed by atoms with Crippen LogP contribution in [-0.2, 0) is 0 Å². The van der Waals surface area contributed by atoms with Crippen LogP contribution in [0, 0.1) is 36.5 Å². The number of nitrogens with zero attached hydrogens (tertiary/aromatic N) is 1. The van der Waals surface area contributed by atoms with Crippen molar-refractivity contribution in [3.05, 3.63) is 34.9 Å². The van der Waals surface area contributed by atoms with Gasteiger partial charge >= 0.3 is 0 Å². The van der Waals surface area contributed by atoms with Gasteiger partial charge in [-0.05, 0) is 62.1 Å². The normalized spacial score (nSPS) is 27.9. The lowest BCUT2D eigenvalue weighted by atomic mass is 9.66. The van der Waals surface area contributed by atoms with Gasteiger partial charge in [0.25, 0.3) is 0 Å². The van der Waals surface area contributed by atoms with Crippen molar-refractivity contribution in [3.8, 4) is 6.07 Å². The molecule has 1 N–H and O–H groups in total. The average molecular weight is 271 g/mol. The summed E-state index contributed by atoms with van der Waals surface area (Å²) in [5.74, 6) is 0.725. The maximum absolute atomic E-state index is 10.7. The molecule has 0 aliphatic heterocycles. The third-order valence-electron chi connectivity index (χ3n) is 5.17. The highest BCUT2D eigenvalue weighted by atomic mass is 16.3. The van der Waals surface area contributed by atoms with Gasteiger partial charge in [-0.3, -0.25) is 0 Å². The van der Waals surface area contributed by atoms with Crippen molar-refractivity contribution in [1.82, 2.24) is 0 Å². The molecule has 0 saturated heterocycles. The number of hydrogen-bond acceptors (Lipinski definition) is 2. The van der Waals surface area contributed by atoms with Crippen molar-refractivity contribution in [2.24, 2.45) is 11.3 Å². The standard InChI is InChI=1S/C18H25NO/c1-4-15-7-9-18(12-19,10-8-15)17(20)16-6-5-13(2)14(3)11-16/h5-6,11,15,17,20H,4,7-10H2,1-3H3. The first-order chi connectivity index (χ1) is 9.52. The van der Waals surface area contributed by atoms with Crippen molar-refractivity contribution in [3.63, 3.8) is 0 Å². The molecule has 0 spiro atoms. The molecule has 0 amide bonds. The van der Waals surface area contributed by atoms with Crippen molar-refractivity contribution < 1.29 is 5.11 Å². The number of aryl methyl sites for hydroxylation is 2. The molecule has 0 heterocycles. The highest BCUT2D eigenvalue weighted by molar-refractivity contribution is 5.33. The predicted octanol–water partition coefficient (Wildman–Crippen LogP) is 4.45. The molecule has 0 bridgehead atoms. The Labute approximate surface area is 122 Å². The molecule has 2 nitrogen and oxygen atoms in total. The van der Waals surface area contributed by atoms with Crippen LogP contribution in [0.2, 0.25) is 0 Å². The van der Waals surface area contributed by atoms with Gasteiger partial charge in [0.1, 0.15) is 0 Å². The van der Waals surface area contributed by atoms with E-state index in [2.05, 4.69) is 26.8 Å². The van der Waals surface area contributed by atoms with E-state index in [0.717, 1.165) is 37.2 Å². The summed E-state index contributed by atoms with van der Waals surface area (Å²) in [5, 5.41) is 20.4. The molecule has 2 heteroatoms.